The van der Waals surface area contributed by atoms with E-state index in [0.717, 1.165) is 12.2 Å². The zero-order valence-electron chi connectivity index (χ0n) is 10.1. The zero-order chi connectivity index (χ0) is 11.8. The van der Waals surface area contributed by atoms with Gasteiger partial charge in [0.25, 0.3) is 0 Å². The molecule has 92 valence electrons. The fraction of sp³-hybridized carbons (Fsp3) is 0.667. The van der Waals surface area contributed by atoms with Gasteiger partial charge in [0, 0.05) is 12.5 Å². The van der Waals surface area contributed by atoms with E-state index in [4.69, 9.17) is 4.74 Å². The third-order valence-corrected chi connectivity index (χ3v) is 3.34. The summed E-state index contributed by atoms with van der Waals surface area (Å²) in [7, 11) is 0. The van der Waals surface area contributed by atoms with Crippen molar-refractivity contribution in [2.45, 2.75) is 38.8 Å². The van der Waals surface area contributed by atoms with Crippen molar-refractivity contribution in [1.29, 1.82) is 0 Å². The molecule has 1 saturated carbocycles. The van der Waals surface area contributed by atoms with E-state index in [1.54, 1.807) is 4.90 Å². The maximum absolute atomic E-state index is 11.6. The molecule has 5 heteroatoms. The SMILES string of the molecule is CCOC(=O)N1CCn2nc(C3CC3)cc2C1. The quantitative estimate of drug-likeness (QED) is 0.784. The minimum atomic E-state index is -0.215. The lowest BCUT2D eigenvalue weighted by Crippen LogP contribution is -2.38. The Labute approximate surface area is 100 Å². The summed E-state index contributed by atoms with van der Waals surface area (Å²) < 4.78 is 7.05. The Morgan fingerprint density at radius 2 is 2.35 bits per heavy atom. The predicted octanol–water partition coefficient (Wildman–Crippen LogP) is 1.73. The first-order chi connectivity index (χ1) is 8.28. The standard InChI is InChI=1S/C12H17N3O2/c1-2-17-12(16)14-5-6-15-10(8-14)7-11(13-15)9-3-4-9/h7,9H,2-6,8H2,1H3. The van der Waals surface area contributed by atoms with Crippen LogP contribution in [0.3, 0.4) is 0 Å². The number of carbonyl (C=O) groups excluding carboxylic acids is 1. The Morgan fingerprint density at radius 3 is 3.06 bits per heavy atom. The van der Waals surface area contributed by atoms with E-state index < -0.39 is 0 Å². The van der Waals surface area contributed by atoms with Crippen molar-refractivity contribution >= 4 is 6.09 Å². The molecule has 0 aromatic carbocycles. The average Bonchev–Trinajstić information content (AvgIpc) is 3.08. The normalized spacial score (nSPS) is 19.0. The number of amides is 1. The zero-order valence-corrected chi connectivity index (χ0v) is 10.1. The highest BCUT2D eigenvalue weighted by Crippen LogP contribution is 2.39. The van der Waals surface area contributed by atoms with Crippen LogP contribution in [-0.2, 0) is 17.8 Å². The fourth-order valence-electron chi connectivity index (χ4n) is 2.24. The molecular formula is C12H17N3O2. The summed E-state index contributed by atoms with van der Waals surface area (Å²) in [4.78, 5) is 13.4. The molecule has 17 heavy (non-hydrogen) atoms. The minimum absolute atomic E-state index is 0.215. The Bertz CT molecular complexity index is 437. The molecule has 2 aliphatic rings. The Hall–Kier alpha value is -1.52. The van der Waals surface area contributed by atoms with Crippen LogP contribution in [0, 0.1) is 0 Å². The van der Waals surface area contributed by atoms with Crippen molar-refractivity contribution < 1.29 is 9.53 Å². The van der Waals surface area contributed by atoms with E-state index in [9.17, 15) is 4.79 Å². The van der Waals surface area contributed by atoms with Gasteiger partial charge in [-0.2, -0.15) is 5.10 Å². The van der Waals surface area contributed by atoms with Gasteiger partial charge in [-0.1, -0.05) is 0 Å². The molecule has 1 aromatic heterocycles. The molecule has 0 bridgehead atoms. The average molecular weight is 235 g/mol. The molecule has 1 aliphatic heterocycles. The third kappa shape index (κ3) is 2.01. The second-order valence-electron chi connectivity index (χ2n) is 4.68. The summed E-state index contributed by atoms with van der Waals surface area (Å²) >= 11 is 0. The first-order valence-electron chi connectivity index (χ1n) is 6.26. The molecule has 1 fully saturated rings. The van der Waals surface area contributed by atoms with Gasteiger partial charge in [-0.25, -0.2) is 4.79 Å². The van der Waals surface area contributed by atoms with Crippen LogP contribution in [0.2, 0.25) is 0 Å². The maximum atomic E-state index is 11.6. The van der Waals surface area contributed by atoms with Gasteiger partial charge in [-0.3, -0.25) is 4.68 Å². The number of fused-ring (bicyclic) bond motifs is 1. The van der Waals surface area contributed by atoms with Crippen LogP contribution >= 0.6 is 0 Å². The van der Waals surface area contributed by atoms with Crippen molar-refractivity contribution in [3.8, 4) is 0 Å². The number of hydrogen-bond donors (Lipinski definition) is 0. The fourth-order valence-corrected chi connectivity index (χ4v) is 2.24. The monoisotopic (exact) mass is 235 g/mol. The Morgan fingerprint density at radius 1 is 1.53 bits per heavy atom. The molecule has 0 spiro atoms. The largest absolute Gasteiger partial charge is 0.450 e. The third-order valence-electron chi connectivity index (χ3n) is 3.34. The molecule has 1 aliphatic carbocycles. The molecule has 0 radical (unpaired) electrons. The number of hydrogen-bond acceptors (Lipinski definition) is 3. The van der Waals surface area contributed by atoms with E-state index >= 15 is 0 Å². The molecule has 0 N–H and O–H groups in total. The van der Waals surface area contributed by atoms with Crippen LogP contribution < -0.4 is 0 Å². The van der Waals surface area contributed by atoms with Gasteiger partial charge in [-0.15, -0.1) is 0 Å². The van der Waals surface area contributed by atoms with Crippen LogP contribution in [0.15, 0.2) is 6.07 Å². The number of aromatic nitrogens is 2. The van der Waals surface area contributed by atoms with Crippen LogP contribution in [0.5, 0.6) is 0 Å². The van der Waals surface area contributed by atoms with E-state index in [-0.39, 0.29) is 6.09 Å². The second-order valence-corrected chi connectivity index (χ2v) is 4.68. The molecule has 0 unspecified atom stereocenters. The second kappa shape index (κ2) is 4.05. The number of nitrogens with zero attached hydrogens (tertiary/aromatic N) is 3. The molecule has 0 atom stereocenters. The van der Waals surface area contributed by atoms with Crippen LogP contribution in [-0.4, -0.2) is 33.9 Å². The van der Waals surface area contributed by atoms with Gasteiger partial charge < -0.3 is 9.64 Å². The smallest absolute Gasteiger partial charge is 0.410 e. The van der Waals surface area contributed by atoms with Gasteiger partial charge in [0.2, 0.25) is 0 Å². The van der Waals surface area contributed by atoms with Crippen molar-refractivity contribution in [3.63, 3.8) is 0 Å². The summed E-state index contributed by atoms with van der Waals surface area (Å²) in [6.45, 7) is 4.36. The summed E-state index contributed by atoms with van der Waals surface area (Å²) in [5.74, 6) is 0.671. The summed E-state index contributed by atoms with van der Waals surface area (Å²) in [6.07, 6.45) is 2.31. The molecule has 3 rings (SSSR count). The lowest BCUT2D eigenvalue weighted by molar-refractivity contribution is 0.0959. The van der Waals surface area contributed by atoms with E-state index in [1.807, 2.05) is 11.6 Å². The highest BCUT2D eigenvalue weighted by molar-refractivity contribution is 5.67. The van der Waals surface area contributed by atoms with Gasteiger partial charge in [0.05, 0.1) is 31.1 Å². The molecule has 5 nitrogen and oxygen atoms in total. The van der Waals surface area contributed by atoms with Crippen molar-refractivity contribution in [2.24, 2.45) is 0 Å². The van der Waals surface area contributed by atoms with Gasteiger partial charge in [0.15, 0.2) is 0 Å². The molecular weight excluding hydrogens is 218 g/mol. The summed E-state index contributed by atoms with van der Waals surface area (Å²) in [6, 6.07) is 2.14. The van der Waals surface area contributed by atoms with Crippen molar-refractivity contribution in [1.82, 2.24) is 14.7 Å². The summed E-state index contributed by atoms with van der Waals surface area (Å²) in [5, 5.41) is 4.59. The van der Waals surface area contributed by atoms with Crippen LogP contribution in [0.25, 0.3) is 0 Å². The van der Waals surface area contributed by atoms with Crippen LogP contribution in [0.4, 0.5) is 4.79 Å². The van der Waals surface area contributed by atoms with Gasteiger partial charge in [-0.05, 0) is 25.8 Å². The minimum Gasteiger partial charge on any atom is -0.450 e. The van der Waals surface area contributed by atoms with Crippen molar-refractivity contribution in [3.05, 3.63) is 17.5 Å². The van der Waals surface area contributed by atoms with E-state index in [2.05, 4.69) is 11.2 Å². The number of ether oxygens (including phenoxy) is 1. The van der Waals surface area contributed by atoms with Crippen molar-refractivity contribution in [2.75, 3.05) is 13.2 Å². The van der Waals surface area contributed by atoms with E-state index in [0.29, 0.717) is 25.6 Å². The molecule has 0 saturated heterocycles. The molecule has 1 amide bonds. The highest BCUT2D eigenvalue weighted by Gasteiger charge is 2.29. The maximum Gasteiger partial charge on any atom is 0.410 e. The Balaban J connectivity index is 1.73. The lowest BCUT2D eigenvalue weighted by Gasteiger charge is -2.26. The number of rotatable bonds is 2. The lowest BCUT2D eigenvalue weighted by atomic mass is 10.2. The van der Waals surface area contributed by atoms with Gasteiger partial charge >= 0.3 is 6.09 Å². The summed E-state index contributed by atoms with van der Waals surface area (Å²) in [5.41, 5.74) is 2.33. The Kier molecular flexibility index (Phi) is 2.53. The first-order valence-corrected chi connectivity index (χ1v) is 6.26. The van der Waals surface area contributed by atoms with E-state index in [1.165, 1.54) is 18.5 Å². The predicted molar refractivity (Wildman–Crippen MR) is 61.6 cm³/mol. The first kappa shape index (κ1) is 10.6. The van der Waals surface area contributed by atoms with Gasteiger partial charge in [0.1, 0.15) is 0 Å². The number of carbonyl (C=O) groups is 1. The highest BCUT2D eigenvalue weighted by atomic mass is 16.6. The topological polar surface area (TPSA) is 47.4 Å². The molecule has 1 aromatic rings. The van der Waals surface area contributed by atoms with Crippen LogP contribution in [0.1, 0.15) is 37.1 Å². The molecule has 2 heterocycles.